The molecule has 6 heteroatoms. The highest BCUT2D eigenvalue weighted by atomic mass is 32.2. The molecule has 18 heavy (non-hydrogen) atoms. The van der Waals surface area contributed by atoms with Crippen LogP contribution in [-0.4, -0.2) is 28.1 Å². The fraction of sp³-hybridized carbons (Fsp3) is 0.500. The molecule has 1 aromatic rings. The molecule has 1 atom stereocenters. The number of nitrogens with one attached hydrogen (secondary N) is 2. The highest BCUT2D eigenvalue weighted by Crippen LogP contribution is 2.15. The van der Waals surface area contributed by atoms with Crippen molar-refractivity contribution in [1.82, 2.24) is 10.0 Å². The van der Waals surface area contributed by atoms with E-state index in [1.807, 2.05) is 0 Å². The monoisotopic (exact) mass is 272 g/mol. The van der Waals surface area contributed by atoms with Crippen LogP contribution in [-0.2, 0) is 10.0 Å². The van der Waals surface area contributed by atoms with Gasteiger partial charge in [0.2, 0.25) is 10.0 Å². The second-order valence-electron chi connectivity index (χ2n) is 4.62. The SMILES string of the molecule is Cc1ccc(S(=O)(=O)NCC2CCNC2)cc1F. The normalized spacial score (nSPS) is 20.2. The zero-order chi connectivity index (χ0) is 13.2. The van der Waals surface area contributed by atoms with Gasteiger partial charge in [-0.25, -0.2) is 17.5 Å². The second-order valence-corrected chi connectivity index (χ2v) is 6.39. The second kappa shape index (κ2) is 5.34. The average Bonchev–Trinajstić information content (AvgIpc) is 2.83. The maximum Gasteiger partial charge on any atom is 0.240 e. The molecule has 1 saturated heterocycles. The first-order chi connectivity index (χ1) is 8.49. The number of halogens is 1. The van der Waals surface area contributed by atoms with Gasteiger partial charge in [0.25, 0.3) is 0 Å². The van der Waals surface area contributed by atoms with Crippen LogP contribution in [0.4, 0.5) is 4.39 Å². The Morgan fingerprint density at radius 1 is 1.50 bits per heavy atom. The number of hydrogen-bond acceptors (Lipinski definition) is 3. The minimum absolute atomic E-state index is 0.0171. The van der Waals surface area contributed by atoms with Crippen LogP contribution < -0.4 is 10.0 Å². The van der Waals surface area contributed by atoms with Crippen LogP contribution in [0.15, 0.2) is 23.1 Å². The van der Waals surface area contributed by atoms with Gasteiger partial charge in [-0.3, -0.25) is 0 Å². The summed E-state index contributed by atoms with van der Waals surface area (Å²) in [5.41, 5.74) is 0.439. The van der Waals surface area contributed by atoms with E-state index in [-0.39, 0.29) is 4.90 Å². The van der Waals surface area contributed by atoms with Gasteiger partial charge >= 0.3 is 0 Å². The molecule has 0 amide bonds. The Labute approximate surface area is 107 Å². The van der Waals surface area contributed by atoms with Gasteiger partial charge in [-0.1, -0.05) is 6.07 Å². The summed E-state index contributed by atoms with van der Waals surface area (Å²) in [7, 11) is -3.60. The van der Waals surface area contributed by atoms with Crippen molar-refractivity contribution in [2.75, 3.05) is 19.6 Å². The van der Waals surface area contributed by atoms with Crippen molar-refractivity contribution in [2.45, 2.75) is 18.2 Å². The van der Waals surface area contributed by atoms with Gasteiger partial charge in [-0.2, -0.15) is 0 Å². The van der Waals surface area contributed by atoms with E-state index in [1.54, 1.807) is 6.92 Å². The molecule has 2 rings (SSSR count). The lowest BCUT2D eigenvalue weighted by Gasteiger charge is -2.11. The largest absolute Gasteiger partial charge is 0.316 e. The third kappa shape index (κ3) is 3.07. The first kappa shape index (κ1) is 13.5. The Hall–Kier alpha value is -0.980. The minimum atomic E-state index is -3.60. The van der Waals surface area contributed by atoms with Crippen molar-refractivity contribution < 1.29 is 12.8 Å². The molecule has 0 bridgehead atoms. The Bertz CT molecular complexity index is 525. The number of aryl methyl sites for hydroxylation is 1. The van der Waals surface area contributed by atoms with Gasteiger partial charge < -0.3 is 5.32 Å². The summed E-state index contributed by atoms with van der Waals surface area (Å²) in [5, 5.41) is 3.17. The minimum Gasteiger partial charge on any atom is -0.316 e. The van der Waals surface area contributed by atoms with E-state index in [9.17, 15) is 12.8 Å². The Balaban J connectivity index is 2.07. The lowest BCUT2D eigenvalue weighted by molar-refractivity contribution is 0.537. The summed E-state index contributed by atoms with van der Waals surface area (Å²) in [6, 6.07) is 3.96. The molecule has 0 radical (unpaired) electrons. The van der Waals surface area contributed by atoms with Gasteiger partial charge in [0.05, 0.1) is 4.90 Å². The molecule has 0 saturated carbocycles. The molecule has 1 aliphatic rings. The Morgan fingerprint density at radius 3 is 2.89 bits per heavy atom. The van der Waals surface area contributed by atoms with Gasteiger partial charge in [-0.05, 0) is 50.0 Å². The zero-order valence-corrected chi connectivity index (χ0v) is 11.1. The van der Waals surface area contributed by atoms with Crippen molar-refractivity contribution in [3.8, 4) is 0 Å². The molecule has 100 valence electrons. The summed E-state index contributed by atoms with van der Waals surface area (Å²) in [6.45, 7) is 3.74. The summed E-state index contributed by atoms with van der Waals surface area (Å²) >= 11 is 0. The molecule has 0 aliphatic carbocycles. The van der Waals surface area contributed by atoms with E-state index < -0.39 is 15.8 Å². The average molecular weight is 272 g/mol. The molecule has 0 spiro atoms. The van der Waals surface area contributed by atoms with Crippen LogP contribution in [0.3, 0.4) is 0 Å². The highest BCUT2D eigenvalue weighted by Gasteiger charge is 2.20. The predicted octanol–water partition coefficient (Wildman–Crippen LogP) is 1.02. The Morgan fingerprint density at radius 2 is 2.28 bits per heavy atom. The lowest BCUT2D eigenvalue weighted by Crippen LogP contribution is -2.30. The standard InChI is InChI=1S/C12H17FN2O2S/c1-9-2-3-11(6-12(9)13)18(16,17)15-8-10-4-5-14-7-10/h2-3,6,10,14-15H,4-5,7-8H2,1H3. The molecule has 1 aliphatic heterocycles. The van der Waals surface area contributed by atoms with Crippen LogP contribution in [0.2, 0.25) is 0 Å². The van der Waals surface area contributed by atoms with Crippen molar-refractivity contribution in [1.29, 1.82) is 0 Å². The lowest BCUT2D eigenvalue weighted by atomic mass is 10.1. The van der Waals surface area contributed by atoms with Crippen LogP contribution in [0.1, 0.15) is 12.0 Å². The van der Waals surface area contributed by atoms with Crippen LogP contribution in [0.25, 0.3) is 0 Å². The Kier molecular flexibility index (Phi) is 3.99. The van der Waals surface area contributed by atoms with Crippen LogP contribution >= 0.6 is 0 Å². The maximum atomic E-state index is 13.3. The maximum absolute atomic E-state index is 13.3. The summed E-state index contributed by atoms with van der Waals surface area (Å²) in [4.78, 5) is -0.0171. The molecule has 0 aromatic heterocycles. The summed E-state index contributed by atoms with van der Waals surface area (Å²) < 4.78 is 39.8. The fourth-order valence-corrected chi connectivity index (χ4v) is 3.07. The third-order valence-corrected chi connectivity index (χ3v) is 4.60. The number of rotatable bonds is 4. The van der Waals surface area contributed by atoms with Crippen LogP contribution in [0.5, 0.6) is 0 Å². The fourth-order valence-electron chi connectivity index (χ4n) is 1.94. The highest BCUT2D eigenvalue weighted by molar-refractivity contribution is 7.89. The van der Waals surface area contributed by atoms with Gasteiger partial charge in [0.15, 0.2) is 0 Å². The van der Waals surface area contributed by atoms with Gasteiger partial charge in [-0.15, -0.1) is 0 Å². The van der Waals surface area contributed by atoms with E-state index in [0.29, 0.717) is 18.0 Å². The molecule has 2 N–H and O–H groups in total. The smallest absolute Gasteiger partial charge is 0.240 e. The van der Waals surface area contributed by atoms with Crippen molar-refractivity contribution in [2.24, 2.45) is 5.92 Å². The molecule has 4 nitrogen and oxygen atoms in total. The quantitative estimate of drug-likeness (QED) is 0.860. The van der Waals surface area contributed by atoms with Gasteiger partial charge in [0.1, 0.15) is 5.82 Å². The van der Waals surface area contributed by atoms with Gasteiger partial charge in [0, 0.05) is 6.54 Å². The third-order valence-electron chi connectivity index (χ3n) is 3.18. The van der Waals surface area contributed by atoms with E-state index in [2.05, 4.69) is 10.0 Å². The molecule has 1 unspecified atom stereocenters. The molecular formula is C12H17FN2O2S. The molecule has 1 fully saturated rings. The van der Waals surface area contributed by atoms with E-state index >= 15 is 0 Å². The first-order valence-electron chi connectivity index (χ1n) is 5.95. The number of hydrogen-bond donors (Lipinski definition) is 2. The van der Waals surface area contributed by atoms with E-state index in [1.165, 1.54) is 12.1 Å². The first-order valence-corrected chi connectivity index (χ1v) is 7.44. The van der Waals surface area contributed by atoms with Crippen molar-refractivity contribution in [3.05, 3.63) is 29.6 Å². The van der Waals surface area contributed by atoms with Crippen molar-refractivity contribution in [3.63, 3.8) is 0 Å². The zero-order valence-electron chi connectivity index (χ0n) is 10.2. The summed E-state index contributed by atoms with van der Waals surface area (Å²) in [5.74, 6) is -0.185. The van der Waals surface area contributed by atoms with Crippen LogP contribution in [0, 0.1) is 18.7 Å². The molecule has 1 aromatic carbocycles. The predicted molar refractivity (Wildman–Crippen MR) is 67.3 cm³/mol. The van der Waals surface area contributed by atoms with E-state index in [0.717, 1.165) is 25.6 Å². The van der Waals surface area contributed by atoms with E-state index in [4.69, 9.17) is 0 Å². The molecular weight excluding hydrogens is 255 g/mol. The topological polar surface area (TPSA) is 58.2 Å². The number of sulfonamides is 1. The van der Waals surface area contributed by atoms with Crippen molar-refractivity contribution >= 4 is 10.0 Å². The number of benzene rings is 1. The molecule has 1 heterocycles. The summed E-state index contributed by atoms with van der Waals surface area (Å²) in [6.07, 6.45) is 0.963.